The highest BCUT2D eigenvalue weighted by molar-refractivity contribution is 5.86. The normalized spacial score (nSPS) is 13.7. The third-order valence-corrected chi connectivity index (χ3v) is 2.10. The van der Waals surface area contributed by atoms with Gasteiger partial charge in [-0.1, -0.05) is 20.8 Å². The largest absolute Gasteiger partial charge is 0.463 e. The first-order valence-corrected chi connectivity index (χ1v) is 4.72. The highest BCUT2D eigenvalue weighted by Gasteiger charge is 2.27. The standard InChI is InChI=1S/C11H16O4/c1-11(2,3)9(12)7-5-6-8(15-7)10(13)14-4/h5-6,9,12H,1-4H3. The maximum Gasteiger partial charge on any atom is 0.373 e. The molecule has 4 heteroatoms. The summed E-state index contributed by atoms with van der Waals surface area (Å²) in [6.45, 7) is 5.66. The first-order chi connectivity index (χ1) is 6.86. The summed E-state index contributed by atoms with van der Waals surface area (Å²) in [6.07, 6.45) is -0.740. The fourth-order valence-electron chi connectivity index (χ4n) is 1.14. The van der Waals surface area contributed by atoms with E-state index in [0.717, 1.165) is 0 Å². The molecule has 0 aliphatic rings. The van der Waals surface area contributed by atoms with Crippen molar-refractivity contribution in [2.24, 2.45) is 5.41 Å². The van der Waals surface area contributed by atoms with Crippen LogP contribution < -0.4 is 0 Å². The molecule has 1 heterocycles. The number of hydrogen-bond donors (Lipinski definition) is 1. The number of carbonyl (C=O) groups is 1. The van der Waals surface area contributed by atoms with E-state index in [-0.39, 0.29) is 11.2 Å². The van der Waals surface area contributed by atoms with Crippen LogP contribution in [0.25, 0.3) is 0 Å². The summed E-state index contributed by atoms with van der Waals surface area (Å²) in [5.74, 6) is -0.0546. The molecule has 15 heavy (non-hydrogen) atoms. The number of carbonyl (C=O) groups excluding carboxylic acids is 1. The van der Waals surface area contributed by atoms with Crippen molar-refractivity contribution in [3.8, 4) is 0 Å². The molecule has 0 radical (unpaired) electrons. The second kappa shape index (κ2) is 4.06. The Kier molecular flexibility index (Phi) is 3.19. The van der Waals surface area contributed by atoms with Crippen molar-refractivity contribution in [1.29, 1.82) is 0 Å². The third-order valence-electron chi connectivity index (χ3n) is 2.10. The first-order valence-electron chi connectivity index (χ1n) is 4.72. The Morgan fingerprint density at radius 1 is 1.47 bits per heavy atom. The molecule has 0 aliphatic carbocycles. The van der Waals surface area contributed by atoms with Crippen molar-refractivity contribution in [2.75, 3.05) is 7.11 Å². The minimum Gasteiger partial charge on any atom is -0.463 e. The van der Waals surface area contributed by atoms with Gasteiger partial charge in [-0.25, -0.2) is 4.79 Å². The Balaban J connectivity index is 2.89. The quantitative estimate of drug-likeness (QED) is 0.763. The summed E-state index contributed by atoms with van der Waals surface area (Å²) in [4.78, 5) is 11.1. The van der Waals surface area contributed by atoms with E-state index >= 15 is 0 Å². The first kappa shape index (κ1) is 11.8. The highest BCUT2D eigenvalue weighted by Crippen LogP contribution is 2.33. The number of ether oxygens (including phenoxy) is 1. The number of aliphatic hydroxyl groups excluding tert-OH is 1. The van der Waals surface area contributed by atoms with Crippen LogP contribution in [0.2, 0.25) is 0 Å². The summed E-state index contributed by atoms with van der Waals surface area (Å²) in [7, 11) is 1.28. The minimum atomic E-state index is -0.740. The van der Waals surface area contributed by atoms with Gasteiger partial charge in [-0.05, 0) is 17.5 Å². The van der Waals surface area contributed by atoms with Gasteiger partial charge in [-0.15, -0.1) is 0 Å². The Morgan fingerprint density at radius 3 is 2.53 bits per heavy atom. The lowest BCUT2D eigenvalue weighted by Gasteiger charge is -2.23. The van der Waals surface area contributed by atoms with E-state index in [2.05, 4.69) is 4.74 Å². The van der Waals surface area contributed by atoms with Gasteiger partial charge in [0.15, 0.2) is 0 Å². The molecule has 0 aromatic carbocycles. The fraction of sp³-hybridized carbons (Fsp3) is 0.545. The third kappa shape index (κ3) is 2.59. The average molecular weight is 212 g/mol. The van der Waals surface area contributed by atoms with E-state index in [0.29, 0.717) is 5.76 Å². The monoisotopic (exact) mass is 212 g/mol. The molecule has 0 fully saturated rings. The maximum absolute atomic E-state index is 11.1. The lowest BCUT2D eigenvalue weighted by Crippen LogP contribution is -2.17. The van der Waals surface area contributed by atoms with Crippen LogP contribution in [0, 0.1) is 5.41 Å². The molecule has 0 saturated heterocycles. The molecular weight excluding hydrogens is 196 g/mol. The number of methoxy groups -OCH3 is 1. The van der Waals surface area contributed by atoms with Crippen LogP contribution in [0.1, 0.15) is 43.2 Å². The zero-order valence-electron chi connectivity index (χ0n) is 9.40. The molecule has 0 saturated carbocycles. The second-order valence-electron chi connectivity index (χ2n) is 4.46. The van der Waals surface area contributed by atoms with Crippen LogP contribution >= 0.6 is 0 Å². The molecule has 0 spiro atoms. The number of furan rings is 1. The van der Waals surface area contributed by atoms with Crippen molar-refractivity contribution < 1.29 is 19.1 Å². The molecule has 0 bridgehead atoms. The maximum atomic E-state index is 11.1. The zero-order valence-corrected chi connectivity index (χ0v) is 9.40. The number of esters is 1. The Labute approximate surface area is 88.8 Å². The summed E-state index contributed by atoms with van der Waals surface area (Å²) in [6, 6.07) is 3.08. The number of hydrogen-bond acceptors (Lipinski definition) is 4. The zero-order chi connectivity index (χ0) is 11.6. The molecule has 1 atom stereocenters. The predicted molar refractivity (Wildman–Crippen MR) is 54.5 cm³/mol. The van der Waals surface area contributed by atoms with Crippen molar-refractivity contribution in [3.05, 3.63) is 23.7 Å². The molecular formula is C11H16O4. The van der Waals surface area contributed by atoms with Gasteiger partial charge in [0, 0.05) is 0 Å². The van der Waals surface area contributed by atoms with Crippen molar-refractivity contribution >= 4 is 5.97 Å². The van der Waals surface area contributed by atoms with Gasteiger partial charge in [0.05, 0.1) is 7.11 Å². The van der Waals surface area contributed by atoms with Crippen LogP contribution in [-0.4, -0.2) is 18.2 Å². The Hall–Kier alpha value is -1.29. The lowest BCUT2D eigenvalue weighted by atomic mass is 9.88. The van der Waals surface area contributed by atoms with Crippen LogP contribution in [0.4, 0.5) is 0 Å². The van der Waals surface area contributed by atoms with Gasteiger partial charge < -0.3 is 14.3 Å². The van der Waals surface area contributed by atoms with Crippen molar-refractivity contribution in [3.63, 3.8) is 0 Å². The molecule has 1 unspecified atom stereocenters. The van der Waals surface area contributed by atoms with Gasteiger partial charge in [0.2, 0.25) is 5.76 Å². The Morgan fingerprint density at radius 2 is 2.07 bits per heavy atom. The Bertz CT molecular complexity index is 346. The van der Waals surface area contributed by atoms with Crippen LogP contribution in [0.5, 0.6) is 0 Å². The van der Waals surface area contributed by atoms with E-state index in [1.165, 1.54) is 13.2 Å². The molecule has 1 aromatic heterocycles. The van der Waals surface area contributed by atoms with E-state index in [1.54, 1.807) is 6.07 Å². The average Bonchev–Trinajstić information content (AvgIpc) is 2.62. The summed E-state index contributed by atoms with van der Waals surface area (Å²) >= 11 is 0. The van der Waals surface area contributed by atoms with Crippen LogP contribution in [-0.2, 0) is 4.74 Å². The van der Waals surface area contributed by atoms with Gasteiger partial charge in [0.25, 0.3) is 0 Å². The molecule has 84 valence electrons. The molecule has 1 N–H and O–H groups in total. The van der Waals surface area contributed by atoms with Gasteiger partial charge in [-0.2, -0.15) is 0 Å². The second-order valence-corrected chi connectivity index (χ2v) is 4.46. The molecule has 4 nitrogen and oxygen atoms in total. The predicted octanol–water partition coefficient (Wildman–Crippen LogP) is 2.15. The lowest BCUT2D eigenvalue weighted by molar-refractivity contribution is 0.0384. The number of aliphatic hydroxyl groups is 1. The summed E-state index contributed by atoms with van der Waals surface area (Å²) in [5, 5.41) is 9.88. The summed E-state index contributed by atoms with van der Waals surface area (Å²) < 4.78 is 9.70. The van der Waals surface area contributed by atoms with E-state index < -0.39 is 12.1 Å². The van der Waals surface area contributed by atoms with E-state index in [1.807, 2.05) is 20.8 Å². The van der Waals surface area contributed by atoms with Crippen LogP contribution in [0.15, 0.2) is 16.5 Å². The minimum absolute atomic E-state index is 0.107. The van der Waals surface area contributed by atoms with Gasteiger partial charge >= 0.3 is 5.97 Å². The molecule has 1 rings (SSSR count). The summed E-state index contributed by atoms with van der Waals surface area (Å²) in [5.41, 5.74) is -0.328. The van der Waals surface area contributed by atoms with E-state index in [4.69, 9.17) is 4.42 Å². The van der Waals surface area contributed by atoms with E-state index in [9.17, 15) is 9.90 Å². The number of rotatable bonds is 2. The molecule has 1 aromatic rings. The van der Waals surface area contributed by atoms with Gasteiger partial charge in [0.1, 0.15) is 11.9 Å². The fourth-order valence-corrected chi connectivity index (χ4v) is 1.14. The van der Waals surface area contributed by atoms with Gasteiger partial charge in [-0.3, -0.25) is 0 Å². The van der Waals surface area contributed by atoms with Crippen LogP contribution in [0.3, 0.4) is 0 Å². The molecule has 0 aliphatic heterocycles. The highest BCUT2D eigenvalue weighted by atomic mass is 16.5. The van der Waals surface area contributed by atoms with Crippen molar-refractivity contribution in [1.82, 2.24) is 0 Å². The van der Waals surface area contributed by atoms with Crippen molar-refractivity contribution in [2.45, 2.75) is 26.9 Å². The smallest absolute Gasteiger partial charge is 0.373 e. The topological polar surface area (TPSA) is 59.7 Å². The SMILES string of the molecule is COC(=O)c1ccc(C(O)C(C)(C)C)o1. The molecule has 0 amide bonds.